The summed E-state index contributed by atoms with van der Waals surface area (Å²) in [6.45, 7) is 1.15. The predicted molar refractivity (Wildman–Crippen MR) is 89.1 cm³/mol. The quantitative estimate of drug-likeness (QED) is 0.782. The number of nitrogens with one attached hydrogen (secondary N) is 2. The molecule has 4 amide bonds. The Morgan fingerprint density at radius 2 is 2.04 bits per heavy atom. The third kappa shape index (κ3) is 2.80. The van der Waals surface area contributed by atoms with Gasteiger partial charge in [-0.05, 0) is 47.1 Å². The van der Waals surface area contributed by atoms with Gasteiger partial charge in [-0.3, -0.25) is 14.5 Å². The lowest BCUT2D eigenvalue weighted by Crippen LogP contribution is -2.41. The molecule has 0 spiro atoms. The normalized spacial score (nSPS) is 20.2. The molecule has 1 saturated heterocycles. The molecule has 1 aliphatic heterocycles. The summed E-state index contributed by atoms with van der Waals surface area (Å²) >= 11 is 3.32. The van der Waals surface area contributed by atoms with Crippen LogP contribution in [0.4, 0.5) is 10.5 Å². The maximum atomic E-state index is 12.6. The highest BCUT2D eigenvalue weighted by atomic mass is 79.9. The molecule has 3 rings (SSSR count). The van der Waals surface area contributed by atoms with E-state index in [0.29, 0.717) is 15.9 Å². The SMILES string of the molecule is CC1(c2ccco2)NC(=O)N(CC(=O)Nc2ccccc2Br)C1=O. The number of halogens is 1. The van der Waals surface area contributed by atoms with E-state index in [9.17, 15) is 14.4 Å². The van der Waals surface area contributed by atoms with Crippen LogP contribution in [0.3, 0.4) is 0 Å². The summed E-state index contributed by atoms with van der Waals surface area (Å²) in [6, 6.07) is 9.65. The van der Waals surface area contributed by atoms with Crippen LogP contribution < -0.4 is 10.6 Å². The molecule has 1 atom stereocenters. The van der Waals surface area contributed by atoms with Gasteiger partial charge in [0.2, 0.25) is 5.91 Å². The molecule has 1 fully saturated rings. The minimum absolute atomic E-state index is 0.314. The molecule has 7 nitrogen and oxygen atoms in total. The second kappa shape index (κ2) is 6.12. The van der Waals surface area contributed by atoms with E-state index in [1.807, 2.05) is 6.07 Å². The molecule has 2 aromatic rings. The fraction of sp³-hybridized carbons (Fsp3) is 0.188. The highest BCUT2D eigenvalue weighted by Gasteiger charge is 2.51. The van der Waals surface area contributed by atoms with Gasteiger partial charge in [-0.2, -0.15) is 0 Å². The number of hydrogen-bond acceptors (Lipinski definition) is 4. The summed E-state index contributed by atoms with van der Waals surface area (Å²) in [5.41, 5.74) is -0.753. The van der Waals surface area contributed by atoms with E-state index in [4.69, 9.17) is 4.42 Å². The summed E-state index contributed by atoms with van der Waals surface area (Å²) < 4.78 is 5.94. The largest absolute Gasteiger partial charge is 0.466 e. The molecule has 1 aliphatic rings. The van der Waals surface area contributed by atoms with Gasteiger partial charge in [0.1, 0.15) is 12.3 Å². The van der Waals surface area contributed by atoms with Crippen molar-refractivity contribution < 1.29 is 18.8 Å². The molecular weight excluding hydrogens is 378 g/mol. The zero-order chi connectivity index (χ0) is 17.3. The van der Waals surface area contributed by atoms with Crippen LogP contribution in [0.5, 0.6) is 0 Å². The molecule has 0 aliphatic carbocycles. The highest BCUT2D eigenvalue weighted by Crippen LogP contribution is 2.29. The molecule has 0 radical (unpaired) electrons. The zero-order valence-electron chi connectivity index (χ0n) is 12.7. The maximum absolute atomic E-state index is 12.6. The van der Waals surface area contributed by atoms with Gasteiger partial charge in [-0.1, -0.05) is 12.1 Å². The Balaban J connectivity index is 1.74. The van der Waals surface area contributed by atoms with Crippen LogP contribution in [0.1, 0.15) is 12.7 Å². The van der Waals surface area contributed by atoms with Gasteiger partial charge in [0, 0.05) is 4.47 Å². The van der Waals surface area contributed by atoms with E-state index in [-0.39, 0.29) is 6.54 Å². The third-order valence-corrected chi connectivity index (χ3v) is 4.43. The van der Waals surface area contributed by atoms with Crippen molar-refractivity contribution in [1.82, 2.24) is 10.2 Å². The number of benzene rings is 1. The number of nitrogens with zero attached hydrogens (tertiary/aromatic N) is 1. The molecule has 124 valence electrons. The lowest BCUT2D eigenvalue weighted by atomic mass is 9.99. The second-order valence-electron chi connectivity index (χ2n) is 5.45. The molecule has 1 unspecified atom stereocenters. The van der Waals surface area contributed by atoms with Gasteiger partial charge in [-0.25, -0.2) is 4.79 Å². The third-order valence-electron chi connectivity index (χ3n) is 3.74. The lowest BCUT2D eigenvalue weighted by Gasteiger charge is -2.18. The van der Waals surface area contributed by atoms with Crippen molar-refractivity contribution in [3.8, 4) is 0 Å². The van der Waals surface area contributed by atoms with Crippen LogP contribution in [-0.4, -0.2) is 29.3 Å². The molecule has 1 aromatic carbocycles. The van der Waals surface area contributed by atoms with E-state index in [1.165, 1.54) is 13.2 Å². The molecule has 1 aromatic heterocycles. The van der Waals surface area contributed by atoms with Crippen LogP contribution in [0.25, 0.3) is 0 Å². The smallest absolute Gasteiger partial charge is 0.325 e. The Morgan fingerprint density at radius 3 is 2.71 bits per heavy atom. The van der Waals surface area contributed by atoms with Crippen molar-refractivity contribution >= 4 is 39.5 Å². The Labute approximate surface area is 146 Å². The first-order valence-corrected chi connectivity index (χ1v) is 7.93. The average Bonchev–Trinajstić information content (AvgIpc) is 3.14. The van der Waals surface area contributed by atoms with Crippen molar-refractivity contribution in [1.29, 1.82) is 0 Å². The summed E-state index contributed by atoms with van der Waals surface area (Å²) in [5, 5.41) is 5.22. The molecule has 2 N–H and O–H groups in total. The number of urea groups is 1. The van der Waals surface area contributed by atoms with E-state index >= 15 is 0 Å². The first-order chi connectivity index (χ1) is 11.4. The van der Waals surface area contributed by atoms with Crippen LogP contribution in [0.2, 0.25) is 0 Å². The van der Waals surface area contributed by atoms with E-state index in [1.54, 1.807) is 30.3 Å². The molecule has 8 heteroatoms. The number of para-hydroxylation sites is 1. The number of furan rings is 1. The summed E-state index contributed by atoms with van der Waals surface area (Å²) in [5.74, 6) is -0.701. The van der Waals surface area contributed by atoms with Crippen molar-refractivity contribution in [2.45, 2.75) is 12.5 Å². The number of carbonyl (C=O) groups is 3. The molecule has 0 saturated carbocycles. The monoisotopic (exact) mass is 391 g/mol. The van der Waals surface area contributed by atoms with E-state index in [0.717, 1.165) is 4.90 Å². The van der Waals surface area contributed by atoms with Crippen molar-refractivity contribution in [3.63, 3.8) is 0 Å². The van der Waals surface area contributed by atoms with Gasteiger partial charge in [0.05, 0.1) is 12.0 Å². The van der Waals surface area contributed by atoms with Gasteiger partial charge >= 0.3 is 6.03 Å². The van der Waals surface area contributed by atoms with E-state index in [2.05, 4.69) is 26.6 Å². The van der Waals surface area contributed by atoms with Crippen molar-refractivity contribution in [3.05, 3.63) is 52.9 Å². The first-order valence-electron chi connectivity index (χ1n) is 7.14. The summed E-state index contributed by atoms with van der Waals surface area (Å²) in [7, 11) is 0. The van der Waals surface area contributed by atoms with Crippen LogP contribution in [0.15, 0.2) is 51.6 Å². The minimum Gasteiger partial charge on any atom is -0.466 e. The fourth-order valence-corrected chi connectivity index (χ4v) is 2.85. The predicted octanol–water partition coefficient (Wildman–Crippen LogP) is 2.45. The Kier molecular flexibility index (Phi) is 4.15. The Morgan fingerprint density at radius 1 is 1.29 bits per heavy atom. The zero-order valence-corrected chi connectivity index (χ0v) is 14.3. The van der Waals surface area contributed by atoms with Crippen LogP contribution in [0, 0.1) is 0 Å². The van der Waals surface area contributed by atoms with E-state index < -0.39 is 23.4 Å². The number of rotatable bonds is 4. The molecular formula is C16H14BrN3O4. The number of hydrogen-bond donors (Lipinski definition) is 2. The molecule has 24 heavy (non-hydrogen) atoms. The number of imide groups is 1. The molecule has 2 heterocycles. The summed E-state index contributed by atoms with van der Waals surface area (Å²) in [4.78, 5) is 37.7. The van der Waals surface area contributed by atoms with Crippen molar-refractivity contribution in [2.24, 2.45) is 0 Å². The Hall–Kier alpha value is -2.61. The van der Waals surface area contributed by atoms with Crippen LogP contribution >= 0.6 is 15.9 Å². The standard InChI is InChI=1S/C16H14BrN3O4/c1-16(12-7-4-8-24-12)14(22)20(15(23)19-16)9-13(21)18-11-6-3-2-5-10(11)17/h2-8H,9H2,1H3,(H,18,21)(H,19,23). The fourth-order valence-electron chi connectivity index (χ4n) is 2.47. The topological polar surface area (TPSA) is 91.7 Å². The van der Waals surface area contributed by atoms with Crippen LogP contribution in [-0.2, 0) is 15.1 Å². The number of carbonyl (C=O) groups excluding carboxylic acids is 3. The average molecular weight is 392 g/mol. The highest BCUT2D eigenvalue weighted by molar-refractivity contribution is 9.10. The maximum Gasteiger partial charge on any atom is 0.325 e. The van der Waals surface area contributed by atoms with Crippen molar-refractivity contribution in [2.75, 3.05) is 11.9 Å². The van der Waals surface area contributed by atoms with Gasteiger partial charge in [0.15, 0.2) is 5.54 Å². The molecule has 0 bridgehead atoms. The second-order valence-corrected chi connectivity index (χ2v) is 6.31. The number of anilines is 1. The van der Waals surface area contributed by atoms with Gasteiger partial charge < -0.3 is 15.1 Å². The Bertz CT molecular complexity index is 805. The minimum atomic E-state index is -1.31. The van der Waals surface area contributed by atoms with Gasteiger partial charge in [-0.15, -0.1) is 0 Å². The number of amides is 4. The summed E-state index contributed by atoms with van der Waals surface area (Å²) in [6.07, 6.45) is 1.42. The lowest BCUT2D eigenvalue weighted by molar-refractivity contribution is -0.134. The van der Waals surface area contributed by atoms with Gasteiger partial charge in [0.25, 0.3) is 5.91 Å². The first kappa shape index (κ1) is 16.3.